The number of nitrogens with one attached hydrogen (secondary N) is 2. The lowest BCUT2D eigenvalue weighted by Crippen LogP contribution is -2.15. The number of rotatable bonds is 5. The summed E-state index contributed by atoms with van der Waals surface area (Å²) in [4.78, 5) is 23.5. The van der Waals surface area contributed by atoms with Gasteiger partial charge in [0.1, 0.15) is 0 Å². The highest BCUT2D eigenvalue weighted by Gasteiger charge is 2.08. The van der Waals surface area contributed by atoms with Crippen molar-refractivity contribution in [2.45, 2.75) is 13.3 Å². The van der Waals surface area contributed by atoms with Crippen molar-refractivity contribution in [3.05, 3.63) is 83.4 Å². The van der Waals surface area contributed by atoms with Gasteiger partial charge in [-0.3, -0.25) is 9.59 Å². The zero-order valence-corrected chi connectivity index (χ0v) is 15.6. The molecule has 0 atom stereocenters. The van der Waals surface area contributed by atoms with E-state index in [-0.39, 0.29) is 18.2 Å². The molecule has 4 nitrogen and oxygen atoms in total. The predicted octanol–water partition coefficient (Wildman–Crippen LogP) is 5.15. The molecular weight excluding hydrogens is 360 g/mol. The van der Waals surface area contributed by atoms with Gasteiger partial charge in [-0.05, 0) is 34.9 Å². The summed E-state index contributed by atoms with van der Waals surface area (Å²) in [5, 5.41) is 5.88. The van der Waals surface area contributed by atoms with Crippen LogP contribution in [0.4, 0.5) is 11.4 Å². The third-order valence-electron chi connectivity index (χ3n) is 3.99. The van der Waals surface area contributed by atoms with Crippen LogP contribution >= 0.6 is 11.6 Å². The van der Waals surface area contributed by atoms with Gasteiger partial charge >= 0.3 is 0 Å². The smallest absolute Gasteiger partial charge is 0.228 e. The van der Waals surface area contributed by atoms with Crippen LogP contribution in [0.25, 0.3) is 11.1 Å². The fourth-order valence-corrected chi connectivity index (χ4v) is 2.89. The highest BCUT2D eigenvalue weighted by Crippen LogP contribution is 2.26. The molecule has 0 aromatic heterocycles. The lowest BCUT2D eigenvalue weighted by molar-refractivity contribution is -0.115. The number of carbonyl (C=O) groups is 2. The van der Waals surface area contributed by atoms with Crippen molar-refractivity contribution >= 4 is 34.8 Å². The number of amides is 2. The summed E-state index contributed by atoms with van der Waals surface area (Å²) in [6.45, 7) is 1.40. The highest BCUT2D eigenvalue weighted by atomic mass is 35.5. The van der Waals surface area contributed by atoms with Crippen LogP contribution in [0.5, 0.6) is 0 Å². The molecule has 3 aromatic carbocycles. The first kappa shape index (κ1) is 18.7. The molecule has 0 aliphatic heterocycles. The average Bonchev–Trinajstić information content (AvgIpc) is 2.65. The second kappa shape index (κ2) is 8.52. The average molecular weight is 379 g/mol. The SMILES string of the molecule is CC(=O)Nc1cc(NC(=O)Cc2ccc(-c3ccccc3)cc2)ccc1Cl. The molecule has 0 radical (unpaired) electrons. The Morgan fingerprint density at radius 1 is 0.852 bits per heavy atom. The van der Waals surface area contributed by atoms with E-state index in [1.54, 1.807) is 18.2 Å². The zero-order valence-electron chi connectivity index (χ0n) is 14.8. The van der Waals surface area contributed by atoms with Gasteiger partial charge < -0.3 is 10.6 Å². The van der Waals surface area contributed by atoms with Crippen LogP contribution in [0.15, 0.2) is 72.8 Å². The minimum absolute atomic E-state index is 0.140. The molecule has 2 amide bonds. The summed E-state index contributed by atoms with van der Waals surface area (Å²) in [5.74, 6) is -0.363. The molecule has 2 N–H and O–H groups in total. The lowest BCUT2D eigenvalue weighted by Gasteiger charge is -2.10. The van der Waals surface area contributed by atoms with Crippen molar-refractivity contribution in [1.82, 2.24) is 0 Å². The van der Waals surface area contributed by atoms with E-state index in [0.29, 0.717) is 16.4 Å². The van der Waals surface area contributed by atoms with Crippen LogP contribution in [-0.2, 0) is 16.0 Å². The summed E-state index contributed by atoms with van der Waals surface area (Å²) in [6, 6.07) is 23.0. The molecule has 0 unspecified atom stereocenters. The molecular formula is C22H19ClN2O2. The molecule has 136 valence electrons. The van der Waals surface area contributed by atoms with Gasteiger partial charge in [0.25, 0.3) is 0 Å². The van der Waals surface area contributed by atoms with Gasteiger partial charge in [-0.25, -0.2) is 0 Å². The maximum absolute atomic E-state index is 12.3. The van der Waals surface area contributed by atoms with Crippen molar-refractivity contribution in [2.75, 3.05) is 10.6 Å². The third-order valence-corrected chi connectivity index (χ3v) is 4.32. The number of carbonyl (C=O) groups excluding carboxylic acids is 2. The van der Waals surface area contributed by atoms with Crippen molar-refractivity contribution in [3.63, 3.8) is 0 Å². The van der Waals surface area contributed by atoms with Gasteiger partial charge in [0.05, 0.1) is 17.1 Å². The molecule has 3 rings (SSSR count). The first-order valence-electron chi connectivity index (χ1n) is 8.52. The first-order valence-corrected chi connectivity index (χ1v) is 8.90. The van der Waals surface area contributed by atoms with Gasteiger partial charge in [-0.1, -0.05) is 66.2 Å². The molecule has 0 aliphatic rings. The molecule has 0 fully saturated rings. The molecule has 0 saturated carbocycles. The molecule has 3 aromatic rings. The fraction of sp³-hybridized carbons (Fsp3) is 0.0909. The normalized spacial score (nSPS) is 10.3. The van der Waals surface area contributed by atoms with Crippen LogP contribution in [0.2, 0.25) is 5.02 Å². The van der Waals surface area contributed by atoms with E-state index in [2.05, 4.69) is 22.8 Å². The summed E-state index contributed by atoms with van der Waals surface area (Å²) in [7, 11) is 0. The van der Waals surface area contributed by atoms with Gasteiger partial charge in [0.2, 0.25) is 11.8 Å². The Bertz CT molecular complexity index is 954. The van der Waals surface area contributed by atoms with Crippen molar-refractivity contribution in [1.29, 1.82) is 0 Å². The highest BCUT2D eigenvalue weighted by molar-refractivity contribution is 6.33. The topological polar surface area (TPSA) is 58.2 Å². The Hall–Kier alpha value is -3.11. The van der Waals surface area contributed by atoms with Crippen LogP contribution < -0.4 is 10.6 Å². The van der Waals surface area contributed by atoms with Gasteiger partial charge in [0, 0.05) is 12.6 Å². The largest absolute Gasteiger partial charge is 0.326 e. The lowest BCUT2D eigenvalue weighted by atomic mass is 10.0. The first-order chi connectivity index (χ1) is 13.0. The van der Waals surface area contributed by atoms with Gasteiger partial charge in [-0.15, -0.1) is 0 Å². The Labute approximate surface area is 163 Å². The standard InChI is InChI=1S/C22H19ClN2O2/c1-15(26)24-21-14-19(11-12-20(21)23)25-22(27)13-16-7-9-18(10-8-16)17-5-3-2-4-6-17/h2-12,14H,13H2,1H3,(H,24,26)(H,25,27). The summed E-state index contributed by atoms with van der Waals surface area (Å²) in [6.07, 6.45) is 0.257. The Morgan fingerprint density at radius 2 is 1.52 bits per heavy atom. The maximum atomic E-state index is 12.3. The number of anilines is 2. The second-order valence-corrected chi connectivity index (χ2v) is 6.57. The minimum atomic E-state index is -0.223. The van der Waals surface area contributed by atoms with E-state index in [4.69, 9.17) is 11.6 Å². The maximum Gasteiger partial charge on any atom is 0.228 e. The molecule has 5 heteroatoms. The van der Waals surface area contributed by atoms with E-state index in [9.17, 15) is 9.59 Å². The van der Waals surface area contributed by atoms with Gasteiger partial charge in [-0.2, -0.15) is 0 Å². The Kier molecular flexibility index (Phi) is 5.89. The number of benzene rings is 3. The molecule has 0 aliphatic carbocycles. The van der Waals surface area contributed by atoms with Crippen molar-refractivity contribution < 1.29 is 9.59 Å². The van der Waals surface area contributed by atoms with Crippen LogP contribution in [0, 0.1) is 0 Å². The van der Waals surface area contributed by atoms with Crippen LogP contribution in [0.1, 0.15) is 12.5 Å². The monoisotopic (exact) mass is 378 g/mol. The fourth-order valence-electron chi connectivity index (χ4n) is 2.72. The van der Waals surface area contributed by atoms with Crippen LogP contribution in [-0.4, -0.2) is 11.8 Å². The van der Waals surface area contributed by atoms with Crippen molar-refractivity contribution in [2.24, 2.45) is 0 Å². The minimum Gasteiger partial charge on any atom is -0.326 e. The van der Waals surface area contributed by atoms with E-state index >= 15 is 0 Å². The van der Waals surface area contributed by atoms with E-state index in [1.807, 2.05) is 42.5 Å². The zero-order chi connectivity index (χ0) is 19.2. The molecule has 27 heavy (non-hydrogen) atoms. The second-order valence-electron chi connectivity index (χ2n) is 6.16. The summed E-state index contributed by atoms with van der Waals surface area (Å²) in [5.41, 5.74) is 4.21. The molecule has 0 bridgehead atoms. The third kappa shape index (κ3) is 5.19. The predicted molar refractivity (Wildman–Crippen MR) is 110 cm³/mol. The van der Waals surface area contributed by atoms with E-state index in [1.165, 1.54) is 6.92 Å². The van der Waals surface area contributed by atoms with E-state index < -0.39 is 0 Å². The van der Waals surface area contributed by atoms with Crippen LogP contribution in [0.3, 0.4) is 0 Å². The Morgan fingerprint density at radius 3 is 2.19 bits per heavy atom. The van der Waals surface area contributed by atoms with E-state index in [0.717, 1.165) is 16.7 Å². The Balaban J connectivity index is 1.65. The number of hydrogen-bond acceptors (Lipinski definition) is 2. The molecule has 0 saturated heterocycles. The molecule has 0 spiro atoms. The quantitative estimate of drug-likeness (QED) is 0.645. The molecule has 0 heterocycles. The summed E-state index contributed by atoms with van der Waals surface area (Å²) < 4.78 is 0. The number of hydrogen-bond donors (Lipinski definition) is 2. The van der Waals surface area contributed by atoms with Crippen molar-refractivity contribution in [3.8, 4) is 11.1 Å². The van der Waals surface area contributed by atoms with Gasteiger partial charge in [0.15, 0.2) is 0 Å². The summed E-state index contributed by atoms with van der Waals surface area (Å²) >= 11 is 6.04. The number of halogens is 1.